The number of carboxylic acids is 1. The number of phenolic OH excluding ortho intramolecular Hbond substituents is 1. The number of aliphatic carboxylic acids is 1. The Morgan fingerprint density at radius 3 is 2.20 bits per heavy atom. The molecule has 40 heavy (non-hydrogen) atoms. The molecule has 2 aliphatic heterocycles. The summed E-state index contributed by atoms with van der Waals surface area (Å²) in [5, 5.41) is 19.7. The maximum atomic E-state index is 13.5. The van der Waals surface area contributed by atoms with E-state index in [1.165, 1.54) is 5.56 Å². The highest BCUT2D eigenvalue weighted by atomic mass is 16.4. The van der Waals surface area contributed by atoms with Crippen LogP contribution in [0.3, 0.4) is 0 Å². The van der Waals surface area contributed by atoms with Crippen molar-refractivity contribution in [1.29, 1.82) is 0 Å². The topological polar surface area (TPSA) is 84.3 Å². The van der Waals surface area contributed by atoms with Gasteiger partial charge in [0.2, 0.25) is 0 Å². The molecule has 2 N–H and O–H groups in total. The highest BCUT2D eigenvalue weighted by Crippen LogP contribution is 2.35. The number of phenols is 1. The summed E-state index contributed by atoms with van der Waals surface area (Å²) >= 11 is 0. The summed E-state index contributed by atoms with van der Waals surface area (Å²) < 4.78 is 0. The predicted octanol–water partition coefficient (Wildman–Crippen LogP) is 5.01. The lowest BCUT2D eigenvalue weighted by molar-refractivity contribution is -0.143. The number of hydrogen-bond acceptors (Lipinski definition) is 5. The molecule has 7 nitrogen and oxygen atoms in total. The number of nitrogens with zero attached hydrogens (tertiary/aromatic N) is 3. The van der Waals surface area contributed by atoms with Gasteiger partial charge in [-0.05, 0) is 67.6 Å². The predicted molar refractivity (Wildman–Crippen MR) is 155 cm³/mol. The maximum Gasteiger partial charge on any atom is 0.306 e. The number of carbonyl (C=O) groups excluding carboxylic acids is 1. The van der Waals surface area contributed by atoms with E-state index < -0.39 is 5.97 Å². The summed E-state index contributed by atoms with van der Waals surface area (Å²) in [6, 6.07) is 26.2. The van der Waals surface area contributed by atoms with Crippen LogP contribution in [-0.2, 0) is 11.3 Å². The monoisotopic (exact) mass is 541 g/mol. The van der Waals surface area contributed by atoms with Crippen LogP contribution in [0.25, 0.3) is 0 Å². The SMILES string of the molecule is C[C@@H]1CN(C(c2cccc(O)c2)c2cccc(C(=O)N3CCC(C(=O)O)CC3)c2)[C@@H](C)CN1Cc1ccccc1. The van der Waals surface area contributed by atoms with Gasteiger partial charge in [0.05, 0.1) is 12.0 Å². The molecule has 0 aliphatic carbocycles. The van der Waals surface area contributed by atoms with Gasteiger partial charge in [0.15, 0.2) is 0 Å². The minimum atomic E-state index is -0.782. The molecule has 2 aliphatic rings. The second kappa shape index (κ2) is 12.2. The molecule has 2 heterocycles. The highest BCUT2D eigenvalue weighted by molar-refractivity contribution is 5.94. The van der Waals surface area contributed by atoms with Crippen LogP contribution in [-0.4, -0.2) is 75.1 Å². The van der Waals surface area contributed by atoms with E-state index in [0.717, 1.165) is 30.8 Å². The van der Waals surface area contributed by atoms with E-state index in [1.807, 2.05) is 42.5 Å². The van der Waals surface area contributed by atoms with Crippen molar-refractivity contribution < 1.29 is 19.8 Å². The van der Waals surface area contributed by atoms with Crippen LogP contribution in [0.1, 0.15) is 59.8 Å². The highest BCUT2D eigenvalue weighted by Gasteiger charge is 2.35. The van der Waals surface area contributed by atoms with Crippen LogP contribution in [0.5, 0.6) is 5.75 Å². The van der Waals surface area contributed by atoms with E-state index >= 15 is 0 Å². The van der Waals surface area contributed by atoms with Gasteiger partial charge in [0, 0.05) is 50.4 Å². The maximum absolute atomic E-state index is 13.5. The largest absolute Gasteiger partial charge is 0.508 e. The first kappa shape index (κ1) is 27.9. The number of hydrogen-bond donors (Lipinski definition) is 2. The van der Waals surface area contributed by atoms with E-state index in [-0.39, 0.29) is 29.7 Å². The Balaban J connectivity index is 1.40. The minimum absolute atomic E-state index is 0.0607. The molecule has 210 valence electrons. The molecule has 0 saturated carbocycles. The molecule has 5 rings (SSSR count). The third-order valence-corrected chi connectivity index (χ3v) is 8.49. The Bertz CT molecular complexity index is 1320. The van der Waals surface area contributed by atoms with E-state index in [9.17, 15) is 19.8 Å². The molecule has 0 aromatic heterocycles. The van der Waals surface area contributed by atoms with Crippen LogP contribution in [0.2, 0.25) is 0 Å². The fraction of sp³-hybridized carbons (Fsp3) is 0.394. The van der Waals surface area contributed by atoms with Crippen molar-refractivity contribution in [2.75, 3.05) is 26.2 Å². The van der Waals surface area contributed by atoms with Crippen LogP contribution >= 0.6 is 0 Å². The Morgan fingerprint density at radius 2 is 1.52 bits per heavy atom. The number of benzene rings is 3. The van der Waals surface area contributed by atoms with Crippen LogP contribution in [0.15, 0.2) is 78.9 Å². The summed E-state index contributed by atoms with van der Waals surface area (Å²) in [7, 11) is 0. The lowest BCUT2D eigenvalue weighted by Crippen LogP contribution is -2.56. The first-order valence-electron chi connectivity index (χ1n) is 14.2. The van der Waals surface area contributed by atoms with Gasteiger partial charge in [-0.3, -0.25) is 19.4 Å². The van der Waals surface area contributed by atoms with Gasteiger partial charge in [0.1, 0.15) is 5.75 Å². The first-order valence-corrected chi connectivity index (χ1v) is 14.2. The van der Waals surface area contributed by atoms with Gasteiger partial charge in [-0.1, -0.05) is 54.6 Å². The fourth-order valence-corrected chi connectivity index (χ4v) is 6.25. The van der Waals surface area contributed by atoms with Gasteiger partial charge in [-0.25, -0.2) is 0 Å². The lowest BCUT2D eigenvalue weighted by atomic mass is 9.91. The van der Waals surface area contributed by atoms with Crippen molar-refractivity contribution in [2.24, 2.45) is 5.92 Å². The van der Waals surface area contributed by atoms with E-state index in [2.05, 4.69) is 54.0 Å². The molecule has 1 amide bonds. The average molecular weight is 542 g/mol. The Kier molecular flexibility index (Phi) is 8.52. The van der Waals surface area contributed by atoms with E-state index in [0.29, 0.717) is 37.5 Å². The number of carboxylic acid groups (broad SMARTS) is 1. The molecule has 0 radical (unpaired) electrons. The number of amides is 1. The van der Waals surface area contributed by atoms with Gasteiger partial charge < -0.3 is 15.1 Å². The standard InChI is InChI=1S/C33H39N3O4/c1-23-21-36(24(2)20-35(23)22-25-8-4-3-5-9-25)31(28-11-7-13-30(37)19-28)27-10-6-12-29(18-27)32(38)34-16-14-26(15-17-34)33(39)40/h3-13,18-19,23-24,26,31,37H,14-17,20-22H2,1-2H3,(H,39,40)/t23-,24+,31?/m1/s1. The van der Waals surface area contributed by atoms with E-state index in [4.69, 9.17) is 0 Å². The normalized spacial score (nSPS) is 21.7. The van der Waals surface area contributed by atoms with Crippen molar-refractivity contribution in [2.45, 2.75) is 51.4 Å². The first-order chi connectivity index (χ1) is 19.3. The van der Waals surface area contributed by atoms with Crippen molar-refractivity contribution in [3.8, 4) is 5.75 Å². The molecule has 0 bridgehead atoms. The number of rotatable bonds is 7. The zero-order chi connectivity index (χ0) is 28.2. The third kappa shape index (κ3) is 6.21. The third-order valence-electron chi connectivity index (χ3n) is 8.49. The van der Waals surface area contributed by atoms with Crippen LogP contribution in [0, 0.1) is 5.92 Å². The lowest BCUT2D eigenvalue weighted by Gasteiger charge is -2.47. The number of aromatic hydroxyl groups is 1. The fourth-order valence-electron chi connectivity index (χ4n) is 6.25. The van der Waals surface area contributed by atoms with Crippen molar-refractivity contribution in [3.05, 3.63) is 101 Å². The van der Waals surface area contributed by atoms with Crippen molar-refractivity contribution in [1.82, 2.24) is 14.7 Å². The number of piperazine rings is 1. The van der Waals surface area contributed by atoms with Gasteiger partial charge in [-0.15, -0.1) is 0 Å². The molecule has 7 heteroatoms. The molecule has 2 saturated heterocycles. The summed E-state index contributed by atoms with van der Waals surface area (Å²) in [4.78, 5) is 31.6. The Labute approximate surface area is 236 Å². The smallest absolute Gasteiger partial charge is 0.306 e. The summed E-state index contributed by atoms with van der Waals surface area (Å²) in [5.41, 5.74) is 3.91. The Hall–Kier alpha value is -3.68. The Morgan fingerprint density at radius 1 is 0.850 bits per heavy atom. The average Bonchev–Trinajstić information content (AvgIpc) is 2.96. The minimum Gasteiger partial charge on any atom is -0.508 e. The summed E-state index contributed by atoms with van der Waals surface area (Å²) in [6.07, 6.45) is 0.963. The summed E-state index contributed by atoms with van der Waals surface area (Å²) in [5.74, 6) is -1.00. The number of piperidine rings is 1. The molecular formula is C33H39N3O4. The zero-order valence-electron chi connectivity index (χ0n) is 23.3. The van der Waals surface area contributed by atoms with Crippen molar-refractivity contribution >= 4 is 11.9 Å². The van der Waals surface area contributed by atoms with Crippen LogP contribution in [0.4, 0.5) is 0 Å². The zero-order valence-corrected chi connectivity index (χ0v) is 23.3. The van der Waals surface area contributed by atoms with Crippen molar-refractivity contribution in [3.63, 3.8) is 0 Å². The quantitative estimate of drug-likeness (QED) is 0.437. The van der Waals surface area contributed by atoms with Gasteiger partial charge >= 0.3 is 5.97 Å². The second-order valence-electron chi connectivity index (χ2n) is 11.3. The molecule has 0 spiro atoms. The molecule has 3 aromatic rings. The molecular weight excluding hydrogens is 502 g/mol. The number of likely N-dealkylation sites (tertiary alicyclic amines) is 1. The molecule has 1 unspecified atom stereocenters. The molecule has 2 fully saturated rings. The molecule has 3 atom stereocenters. The second-order valence-corrected chi connectivity index (χ2v) is 11.3. The van der Waals surface area contributed by atoms with Gasteiger partial charge in [0.25, 0.3) is 5.91 Å². The van der Waals surface area contributed by atoms with Gasteiger partial charge in [-0.2, -0.15) is 0 Å². The molecule has 3 aromatic carbocycles. The van der Waals surface area contributed by atoms with Crippen LogP contribution < -0.4 is 0 Å². The summed E-state index contributed by atoms with van der Waals surface area (Å²) in [6.45, 7) is 8.07. The number of carbonyl (C=O) groups is 2. The van der Waals surface area contributed by atoms with E-state index in [1.54, 1.807) is 11.0 Å².